The van der Waals surface area contributed by atoms with Crippen LogP contribution in [0, 0.1) is 13.8 Å². The molecule has 0 unspecified atom stereocenters. The van der Waals surface area contributed by atoms with Crippen molar-refractivity contribution in [3.63, 3.8) is 0 Å². The van der Waals surface area contributed by atoms with Crippen LogP contribution in [0.15, 0.2) is 16.6 Å². The van der Waals surface area contributed by atoms with E-state index in [0.717, 1.165) is 29.5 Å². The Morgan fingerprint density at radius 2 is 1.88 bits per heavy atom. The van der Waals surface area contributed by atoms with Crippen molar-refractivity contribution in [3.8, 4) is 5.75 Å². The monoisotopic (exact) mass is 284 g/mol. The molecule has 0 spiro atoms. The van der Waals surface area contributed by atoms with E-state index >= 15 is 0 Å². The summed E-state index contributed by atoms with van der Waals surface area (Å²) in [6.45, 7) is 4.13. The smallest absolute Gasteiger partial charge is 0.120 e. The Morgan fingerprint density at radius 1 is 1.25 bits per heavy atom. The van der Waals surface area contributed by atoms with Gasteiger partial charge < -0.3 is 9.84 Å². The lowest BCUT2D eigenvalue weighted by Crippen LogP contribution is -2.13. The third kappa shape index (κ3) is 2.58. The largest absolute Gasteiger partial charge is 0.490 e. The van der Waals surface area contributed by atoms with Gasteiger partial charge in [-0.3, -0.25) is 0 Å². The predicted octanol–water partition coefficient (Wildman–Crippen LogP) is 3.36. The molecule has 0 heterocycles. The minimum Gasteiger partial charge on any atom is -0.490 e. The van der Waals surface area contributed by atoms with Crippen LogP contribution < -0.4 is 4.74 Å². The second-order valence-electron chi connectivity index (χ2n) is 4.58. The van der Waals surface area contributed by atoms with Crippen LogP contribution in [0.2, 0.25) is 0 Å². The SMILES string of the molecule is Cc1cc(O[C@@H]2CC[C@@H](O)C2)cc(C)c1Br. The number of rotatable bonds is 2. The fourth-order valence-electron chi connectivity index (χ4n) is 2.19. The molecule has 0 amide bonds. The maximum atomic E-state index is 9.44. The molecule has 0 aliphatic heterocycles. The zero-order valence-electron chi connectivity index (χ0n) is 9.66. The zero-order valence-corrected chi connectivity index (χ0v) is 11.3. The highest BCUT2D eigenvalue weighted by atomic mass is 79.9. The van der Waals surface area contributed by atoms with E-state index in [9.17, 15) is 5.11 Å². The van der Waals surface area contributed by atoms with Crippen molar-refractivity contribution >= 4 is 15.9 Å². The number of benzene rings is 1. The third-order valence-electron chi connectivity index (χ3n) is 3.07. The van der Waals surface area contributed by atoms with Gasteiger partial charge in [-0.05, 0) is 49.9 Å². The topological polar surface area (TPSA) is 29.5 Å². The first-order valence-corrected chi connectivity index (χ1v) is 6.47. The number of hydrogen-bond acceptors (Lipinski definition) is 2. The quantitative estimate of drug-likeness (QED) is 0.903. The highest BCUT2D eigenvalue weighted by Crippen LogP contribution is 2.29. The summed E-state index contributed by atoms with van der Waals surface area (Å²) in [5.41, 5.74) is 2.38. The van der Waals surface area contributed by atoms with Crippen LogP contribution >= 0.6 is 15.9 Å². The van der Waals surface area contributed by atoms with E-state index < -0.39 is 0 Å². The minimum atomic E-state index is -0.178. The highest BCUT2D eigenvalue weighted by Gasteiger charge is 2.24. The van der Waals surface area contributed by atoms with E-state index in [1.54, 1.807) is 0 Å². The van der Waals surface area contributed by atoms with Crippen molar-refractivity contribution in [1.82, 2.24) is 0 Å². The van der Waals surface area contributed by atoms with Crippen molar-refractivity contribution in [1.29, 1.82) is 0 Å². The third-order valence-corrected chi connectivity index (χ3v) is 4.32. The average molecular weight is 285 g/mol. The molecule has 1 aliphatic carbocycles. The number of ether oxygens (including phenoxy) is 1. The van der Waals surface area contributed by atoms with Crippen molar-refractivity contribution in [3.05, 3.63) is 27.7 Å². The van der Waals surface area contributed by atoms with Gasteiger partial charge in [0.2, 0.25) is 0 Å². The summed E-state index contributed by atoms with van der Waals surface area (Å²) in [4.78, 5) is 0. The van der Waals surface area contributed by atoms with E-state index in [4.69, 9.17) is 4.74 Å². The molecule has 2 nitrogen and oxygen atoms in total. The lowest BCUT2D eigenvalue weighted by Gasteiger charge is -2.15. The van der Waals surface area contributed by atoms with Gasteiger partial charge in [-0.2, -0.15) is 0 Å². The van der Waals surface area contributed by atoms with Crippen LogP contribution in [0.5, 0.6) is 5.75 Å². The summed E-state index contributed by atoms with van der Waals surface area (Å²) >= 11 is 3.54. The Labute approximate surface area is 105 Å². The van der Waals surface area contributed by atoms with E-state index in [1.807, 2.05) is 12.1 Å². The van der Waals surface area contributed by atoms with Crippen LogP contribution in [0.25, 0.3) is 0 Å². The summed E-state index contributed by atoms with van der Waals surface area (Å²) < 4.78 is 7.03. The number of aliphatic hydroxyl groups is 1. The average Bonchev–Trinajstić information content (AvgIpc) is 2.60. The minimum absolute atomic E-state index is 0.176. The molecule has 0 radical (unpaired) electrons. The molecule has 16 heavy (non-hydrogen) atoms. The van der Waals surface area contributed by atoms with Crippen LogP contribution in [0.1, 0.15) is 30.4 Å². The second kappa shape index (κ2) is 4.76. The summed E-state index contributed by atoms with van der Waals surface area (Å²) in [7, 11) is 0. The first kappa shape index (κ1) is 11.9. The molecule has 1 aromatic carbocycles. The molecular weight excluding hydrogens is 268 g/mol. The van der Waals surface area contributed by atoms with Gasteiger partial charge in [-0.1, -0.05) is 15.9 Å². The number of aliphatic hydroxyl groups excluding tert-OH is 1. The lowest BCUT2D eigenvalue weighted by molar-refractivity contribution is 0.149. The van der Waals surface area contributed by atoms with Gasteiger partial charge in [0, 0.05) is 10.9 Å². The second-order valence-corrected chi connectivity index (χ2v) is 5.37. The molecule has 1 saturated carbocycles. The van der Waals surface area contributed by atoms with E-state index in [2.05, 4.69) is 29.8 Å². The molecule has 1 aliphatic rings. The van der Waals surface area contributed by atoms with Gasteiger partial charge in [0.05, 0.1) is 6.10 Å². The molecule has 0 saturated heterocycles. The van der Waals surface area contributed by atoms with Gasteiger partial charge in [0.15, 0.2) is 0 Å². The van der Waals surface area contributed by atoms with Crippen molar-refractivity contribution in [2.75, 3.05) is 0 Å². The summed E-state index contributed by atoms with van der Waals surface area (Å²) in [5, 5.41) is 9.44. The van der Waals surface area contributed by atoms with Gasteiger partial charge in [-0.25, -0.2) is 0 Å². The molecule has 0 aromatic heterocycles. The maximum Gasteiger partial charge on any atom is 0.120 e. The predicted molar refractivity (Wildman–Crippen MR) is 67.9 cm³/mol. The Kier molecular flexibility index (Phi) is 3.55. The normalized spacial score (nSPS) is 24.8. The molecule has 0 bridgehead atoms. The van der Waals surface area contributed by atoms with Gasteiger partial charge >= 0.3 is 0 Å². The molecule has 2 atom stereocenters. The molecule has 88 valence electrons. The number of aryl methyl sites for hydroxylation is 2. The molecular formula is C13H17BrO2. The van der Waals surface area contributed by atoms with Crippen molar-refractivity contribution in [2.45, 2.75) is 45.3 Å². The van der Waals surface area contributed by atoms with Gasteiger partial charge in [0.1, 0.15) is 11.9 Å². The van der Waals surface area contributed by atoms with E-state index in [0.29, 0.717) is 0 Å². The van der Waals surface area contributed by atoms with Gasteiger partial charge in [-0.15, -0.1) is 0 Å². The van der Waals surface area contributed by atoms with Crippen molar-refractivity contribution in [2.24, 2.45) is 0 Å². The Morgan fingerprint density at radius 3 is 2.38 bits per heavy atom. The number of halogens is 1. The molecule has 3 heteroatoms. The lowest BCUT2D eigenvalue weighted by atomic mass is 10.1. The fraction of sp³-hybridized carbons (Fsp3) is 0.538. The standard InChI is InChI=1S/C13H17BrO2/c1-8-5-12(6-9(2)13(8)14)16-11-4-3-10(15)7-11/h5-6,10-11,15H,3-4,7H2,1-2H3/t10-,11-/m1/s1. The Hall–Kier alpha value is -0.540. The zero-order chi connectivity index (χ0) is 11.7. The first-order valence-electron chi connectivity index (χ1n) is 5.67. The summed E-state index contributed by atoms with van der Waals surface area (Å²) in [6.07, 6.45) is 2.57. The Balaban J connectivity index is 2.10. The van der Waals surface area contributed by atoms with E-state index in [-0.39, 0.29) is 12.2 Å². The van der Waals surface area contributed by atoms with Crippen LogP contribution in [-0.4, -0.2) is 17.3 Å². The van der Waals surface area contributed by atoms with Crippen LogP contribution in [0.3, 0.4) is 0 Å². The molecule has 1 N–H and O–H groups in total. The summed E-state index contributed by atoms with van der Waals surface area (Å²) in [5.74, 6) is 0.914. The highest BCUT2D eigenvalue weighted by molar-refractivity contribution is 9.10. The maximum absolute atomic E-state index is 9.44. The molecule has 2 rings (SSSR count). The fourth-order valence-corrected chi connectivity index (χ4v) is 2.42. The molecule has 1 aromatic rings. The Bertz CT molecular complexity index is 367. The van der Waals surface area contributed by atoms with Crippen molar-refractivity contribution < 1.29 is 9.84 Å². The summed E-state index contributed by atoms with van der Waals surface area (Å²) in [6, 6.07) is 4.09. The molecule has 1 fully saturated rings. The van der Waals surface area contributed by atoms with E-state index in [1.165, 1.54) is 11.1 Å². The first-order chi connectivity index (χ1) is 7.56. The number of hydrogen-bond donors (Lipinski definition) is 1. The van der Waals surface area contributed by atoms with Crippen LogP contribution in [0.4, 0.5) is 0 Å². The van der Waals surface area contributed by atoms with Crippen LogP contribution in [-0.2, 0) is 0 Å². The van der Waals surface area contributed by atoms with Gasteiger partial charge in [0.25, 0.3) is 0 Å².